The van der Waals surface area contributed by atoms with Gasteiger partial charge in [-0.25, -0.2) is 13.3 Å². The number of carbonyl (C=O) groups excluding carboxylic acids is 2. The van der Waals surface area contributed by atoms with Crippen LogP contribution in [0.2, 0.25) is 0 Å². The van der Waals surface area contributed by atoms with Crippen LogP contribution in [-0.4, -0.2) is 30.6 Å². The van der Waals surface area contributed by atoms with Crippen molar-refractivity contribution in [2.45, 2.75) is 23.9 Å². The Morgan fingerprint density at radius 3 is 2.35 bits per heavy atom. The highest BCUT2D eigenvalue weighted by atomic mass is 127. The first kappa shape index (κ1) is 22.2. The molecule has 31 heavy (non-hydrogen) atoms. The number of anilines is 1. The van der Waals surface area contributed by atoms with Crippen molar-refractivity contribution >= 4 is 66.0 Å². The number of halogens is 2. The summed E-state index contributed by atoms with van der Waals surface area (Å²) in [5.74, 6) is -0.668. The molecule has 160 valence electrons. The molecule has 1 atom stereocenters. The Labute approximate surface area is 201 Å². The smallest absolute Gasteiger partial charge is 0.252 e. The van der Waals surface area contributed by atoms with Gasteiger partial charge in [0.05, 0.1) is 29.8 Å². The normalized spacial score (nSPS) is 17.0. The topological polar surface area (TPSA) is 87.9 Å². The molecule has 1 aliphatic rings. The lowest BCUT2D eigenvalue weighted by molar-refractivity contribution is -0.122. The van der Waals surface area contributed by atoms with Gasteiger partial charge in [-0.05, 0) is 83.3 Å². The Bertz CT molecular complexity index is 1210. The van der Waals surface area contributed by atoms with Gasteiger partial charge in [-0.15, -0.1) is 0 Å². The number of hydrogen-bond donors (Lipinski definition) is 0. The molecule has 10 heteroatoms. The Balaban J connectivity index is 1.73. The van der Waals surface area contributed by atoms with E-state index in [0.29, 0.717) is 11.4 Å². The molecule has 0 spiro atoms. The Hall–Kier alpha value is -2.02. The molecule has 1 unspecified atom stereocenters. The largest absolute Gasteiger partial charge is 0.468 e. The van der Waals surface area contributed by atoms with E-state index < -0.39 is 27.9 Å². The van der Waals surface area contributed by atoms with Crippen molar-refractivity contribution < 1.29 is 22.4 Å². The van der Waals surface area contributed by atoms with Crippen LogP contribution in [0.3, 0.4) is 0 Å². The fraction of sp³-hybridized carbons (Fsp3) is 0.143. The minimum absolute atomic E-state index is 0.0234. The van der Waals surface area contributed by atoms with Gasteiger partial charge in [0.25, 0.3) is 5.91 Å². The highest BCUT2D eigenvalue weighted by Crippen LogP contribution is 2.31. The highest BCUT2D eigenvalue weighted by molar-refractivity contribution is 14.1. The number of hydrogen-bond acceptors (Lipinski definition) is 5. The molecule has 0 bridgehead atoms. The highest BCUT2D eigenvalue weighted by Gasteiger charge is 2.47. The van der Waals surface area contributed by atoms with E-state index in [1.807, 2.05) is 0 Å². The zero-order chi connectivity index (χ0) is 22.2. The molecule has 2 aromatic carbocycles. The van der Waals surface area contributed by atoms with E-state index in [1.54, 1.807) is 48.5 Å². The summed E-state index contributed by atoms with van der Waals surface area (Å²) in [7, 11) is -4.09. The third kappa shape index (κ3) is 4.47. The number of rotatable bonds is 6. The first-order valence-electron chi connectivity index (χ1n) is 9.19. The van der Waals surface area contributed by atoms with Crippen LogP contribution < -0.4 is 4.90 Å². The van der Waals surface area contributed by atoms with Crippen LogP contribution >= 0.6 is 38.5 Å². The number of amides is 2. The second-order valence-electron chi connectivity index (χ2n) is 6.85. The van der Waals surface area contributed by atoms with Crippen molar-refractivity contribution in [3.05, 3.63) is 80.7 Å². The summed E-state index contributed by atoms with van der Waals surface area (Å²) in [6.07, 6.45) is 1.18. The molecular weight excluding hydrogens is 599 g/mol. The molecule has 0 radical (unpaired) electrons. The van der Waals surface area contributed by atoms with Crippen LogP contribution in [0.1, 0.15) is 12.2 Å². The lowest BCUT2D eigenvalue weighted by Crippen LogP contribution is -2.45. The predicted octanol–water partition coefficient (Wildman–Crippen LogP) is 4.17. The van der Waals surface area contributed by atoms with Gasteiger partial charge >= 0.3 is 0 Å². The van der Waals surface area contributed by atoms with Crippen LogP contribution in [0.25, 0.3) is 0 Å². The molecule has 1 saturated heterocycles. The van der Waals surface area contributed by atoms with Gasteiger partial charge in [-0.2, -0.15) is 4.31 Å². The van der Waals surface area contributed by atoms with Crippen LogP contribution in [-0.2, 0) is 26.2 Å². The molecule has 0 aliphatic carbocycles. The summed E-state index contributed by atoms with van der Waals surface area (Å²) in [5, 5.41) is 0. The maximum atomic E-state index is 13.5. The van der Waals surface area contributed by atoms with Crippen LogP contribution in [0.15, 0.2) is 80.7 Å². The third-order valence-corrected chi connectivity index (χ3v) is 7.98. The number of benzene rings is 2. The summed E-state index contributed by atoms with van der Waals surface area (Å²) >= 11 is 5.42. The standard InChI is InChI=1S/C21H16BrIN2O5S/c22-14-3-9-18(10-4-14)31(28,29)24(13-17-2-1-11-30-17)19-12-20(26)25(21(19)27)16-7-5-15(23)6-8-16/h1-11,19H,12-13H2. The molecular formula is C21H16BrIN2O5S. The molecule has 1 fully saturated rings. The van der Waals surface area contributed by atoms with Gasteiger partial charge in [-0.3, -0.25) is 9.59 Å². The molecule has 1 aliphatic heterocycles. The molecule has 0 saturated carbocycles. The number of nitrogens with zero attached hydrogens (tertiary/aromatic N) is 2. The van der Waals surface area contributed by atoms with Gasteiger partial charge in [0.1, 0.15) is 11.8 Å². The van der Waals surface area contributed by atoms with Gasteiger partial charge in [0.15, 0.2) is 0 Å². The molecule has 4 rings (SSSR count). The van der Waals surface area contributed by atoms with Crippen molar-refractivity contribution in [3.8, 4) is 0 Å². The first-order chi connectivity index (χ1) is 14.8. The van der Waals surface area contributed by atoms with Crippen molar-refractivity contribution in [3.63, 3.8) is 0 Å². The minimum Gasteiger partial charge on any atom is -0.468 e. The average molecular weight is 615 g/mol. The fourth-order valence-corrected chi connectivity index (χ4v) is 5.53. The SMILES string of the molecule is O=C1CC(N(Cc2ccco2)S(=O)(=O)c2ccc(Br)cc2)C(=O)N1c1ccc(I)cc1. The van der Waals surface area contributed by atoms with Crippen molar-refractivity contribution in [1.29, 1.82) is 0 Å². The number of carbonyl (C=O) groups is 2. The number of sulfonamides is 1. The fourth-order valence-electron chi connectivity index (χ4n) is 3.36. The van der Waals surface area contributed by atoms with Crippen molar-refractivity contribution in [1.82, 2.24) is 4.31 Å². The van der Waals surface area contributed by atoms with E-state index in [2.05, 4.69) is 38.5 Å². The lowest BCUT2D eigenvalue weighted by Gasteiger charge is -2.26. The summed E-state index contributed by atoms with van der Waals surface area (Å²) in [6.45, 7) is -0.171. The van der Waals surface area contributed by atoms with E-state index in [-0.39, 0.29) is 17.9 Å². The Kier molecular flexibility index (Phi) is 6.33. The van der Waals surface area contributed by atoms with Gasteiger partial charge in [0.2, 0.25) is 15.9 Å². The maximum absolute atomic E-state index is 13.5. The van der Waals surface area contributed by atoms with Crippen LogP contribution in [0, 0.1) is 3.57 Å². The quantitative estimate of drug-likeness (QED) is 0.307. The summed E-state index contributed by atoms with van der Waals surface area (Å²) in [4.78, 5) is 27.1. The van der Waals surface area contributed by atoms with Gasteiger partial charge < -0.3 is 4.42 Å². The average Bonchev–Trinajstić information content (AvgIpc) is 3.35. The molecule has 1 aromatic heterocycles. The Morgan fingerprint density at radius 1 is 1.06 bits per heavy atom. The third-order valence-electron chi connectivity index (χ3n) is 4.87. The van der Waals surface area contributed by atoms with E-state index in [4.69, 9.17) is 4.42 Å². The zero-order valence-electron chi connectivity index (χ0n) is 15.9. The molecule has 7 nitrogen and oxygen atoms in total. The second kappa shape index (κ2) is 8.85. The zero-order valence-corrected chi connectivity index (χ0v) is 20.5. The predicted molar refractivity (Wildman–Crippen MR) is 126 cm³/mol. The number of furan rings is 1. The van der Waals surface area contributed by atoms with E-state index >= 15 is 0 Å². The summed E-state index contributed by atoms with van der Waals surface area (Å²) < 4.78 is 35.0. The van der Waals surface area contributed by atoms with Gasteiger partial charge in [0, 0.05) is 8.04 Å². The maximum Gasteiger partial charge on any atom is 0.252 e. The van der Waals surface area contributed by atoms with E-state index in [9.17, 15) is 18.0 Å². The summed E-state index contributed by atoms with van der Waals surface area (Å²) in [6, 6.07) is 15.1. The van der Waals surface area contributed by atoms with Crippen LogP contribution in [0.4, 0.5) is 5.69 Å². The molecule has 2 amide bonds. The number of imide groups is 1. The molecule has 2 heterocycles. The summed E-state index contributed by atoms with van der Waals surface area (Å²) in [5.41, 5.74) is 0.414. The second-order valence-corrected chi connectivity index (χ2v) is 10.9. The Morgan fingerprint density at radius 2 is 1.74 bits per heavy atom. The monoisotopic (exact) mass is 614 g/mol. The van der Waals surface area contributed by atoms with E-state index in [1.165, 1.54) is 18.4 Å². The minimum atomic E-state index is -4.09. The van der Waals surface area contributed by atoms with E-state index in [0.717, 1.165) is 17.2 Å². The lowest BCUT2D eigenvalue weighted by atomic mass is 10.2. The van der Waals surface area contributed by atoms with Crippen LogP contribution in [0.5, 0.6) is 0 Å². The molecule has 0 N–H and O–H groups in total. The molecule has 3 aromatic rings. The van der Waals surface area contributed by atoms with Crippen molar-refractivity contribution in [2.24, 2.45) is 0 Å². The van der Waals surface area contributed by atoms with Gasteiger partial charge in [-0.1, -0.05) is 15.9 Å². The van der Waals surface area contributed by atoms with Crippen molar-refractivity contribution in [2.75, 3.05) is 4.90 Å². The first-order valence-corrected chi connectivity index (χ1v) is 12.5.